The number of halogens is 2. The van der Waals surface area contributed by atoms with Crippen LogP contribution < -0.4 is 0 Å². The van der Waals surface area contributed by atoms with Crippen LogP contribution in [0.5, 0.6) is 0 Å². The number of hydrogen-bond acceptors (Lipinski definition) is 3. The Labute approximate surface area is 86.8 Å². The highest BCUT2D eigenvalue weighted by Gasteiger charge is 2.49. The zero-order chi connectivity index (χ0) is 11.9. The Kier molecular flexibility index (Phi) is 2.91. The molecule has 0 unspecified atom stereocenters. The molecule has 88 valence electrons. The second-order valence-corrected chi connectivity index (χ2v) is 4.64. The van der Waals surface area contributed by atoms with Crippen molar-refractivity contribution in [2.45, 2.75) is 38.4 Å². The molecule has 0 bridgehead atoms. The van der Waals surface area contributed by atoms with E-state index in [1.807, 2.05) is 0 Å². The van der Waals surface area contributed by atoms with Gasteiger partial charge in [-0.2, -0.15) is 0 Å². The van der Waals surface area contributed by atoms with Gasteiger partial charge in [0.05, 0.1) is 13.1 Å². The highest BCUT2D eigenvalue weighted by Crippen LogP contribution is 2.28. The molecule has 1 rings (SSSR count). The van der Waals surface area contributed by atoms with Gasteiger partial charge in [0.1, 0.15) is 11.7 Å². The molecule has 1 aliphatic heterocycles. The highest BCUT2D eigenvalue weighted by atomic mass is 19.3. The summed E-state index contributed by atoms with van der Waals surface area (Å²) in [5.74, 6) is -3.24. The molecule has 0 aliphatic carbocycles. The predicted molar refractivity (Wildman–Crippen MR) is 48.8 cm³/mol. The second kappa shape index (κ2) is 3.59. The summed E-state index contributed by atoms with van der Waals surface area (Å²) in [4.78, 5) is 12.2. The molecule has 0 saturated carbocycles. The van der Waals surface area contributed by atoms with Gasteiger partial charge in [-0.05, 0) is 20.8 Å². The Morgan fingerprint density at radius 2 is 2.07 bits per heavy atom. The number of likely N-dealkylation sites (tertiary alicyclic amines) is 1. The van der Waals surface area contributed by atoms with Crippen molar-refractivity contribution in [3.05, 3.63) is 0 Å². The maximum Gasteiger partial charge on any atom is 0.410 e. The average molecular weight is 223 g/mol. The van der Waals surface area contributed by atoms with Gasteiger partial charge < -0.3 is 9.84 Å². The Morgan fingerprint density at radius 1 is 1.53 bits per heavy atom. The van der Waals surface area contributed by atoms with E-state index >= 15 is 0 Å². The van der Waals surface area contributed by atoms with Crippen LogP contribution in [0.15, 0.2) is 0 Å². The molecule has 1 amide bonds. The molecule has 4 nitrogen and oxygen atoms in total. The molecule has 0 radical (unpaired) electrons. The fraction of sp³-hybridized carbons (Fsp3) is 0.889. The first-order chi connectivity index (χ1) is 6.62. The third kappa shape index (κ3) is 3.02. The second-order valence-electron chi connectivity index (χ2n) is 4.64. The van der Waals surface area contributed by atoms with E-state index in [0.29, 0.717) is 0 Å². The monoisotopic (exact) mass is 223 g/mol. The molecule has 15 heavy (non-hydrogen) atoms. The molecule has 6 heteroatoms. The van der Waals surface area contributed by atoms with Gasteiger partial charge in [-0.25, -0.2) is 13.6 Å². The van der Waals surface area contributed by atoms with E-state index in [0.717, 1.165) is 4.90 Å². The van der Waals surface area contributed by atoms with E-state index in [-0.39, 0.29) is 6.54 Å². The van der Waals surface area contributed by atoms with Crippen LogP contribution in [0.4, 0.5) is 13.6 Å². The number of ether oxygens (including phenoxy) is 1. The van der Waals surface area contributed by atoms with E-state index in [1.54, 1.807) is 20.8 Å². The van der Waals surface area contributed by atoms with Crippen molar-refractivity contribution in [3.63, 3.8) is 0 Å². The lowest BCUT2D eigenvalue weighted by atomic mass is 10.2. The van der Waals surface area contributed by atoms with Crippen molar-refractivity contribution in [1.29, 1.82) is 0 Å². The van der Waals surface area contributed by atoms with Crippen molar-refractivity contribution in [2.75, 3.05) is 13.1 Å². The van der Waals surface area contributed by atoms with Crippen LogP contribution in [0.2, 0.25) is 0 Å². The van der Waals surface area contributed by atoms with Crippen LogP contribution in [0.25, 0.3) is 0 Å². The lowest BCUT2D eigenvalue weighted by Crippen LogP contribution is -2.36. The van der Waals surface area contributed by atoms with Gasteiger partial charge in [0.25, 0.3) is 5.92 Å². The van der Waals surface area contributed by atoms with Crippen LogP contribution in [0.1, 0.15) is 20.8 Å². The summed E-state index contributed by atoms with van der Waals surface area (Å²) in [5.41, 5.74) is -0.722. The largest absolute Gasteiger partial charge is 0.444 e. The van der Waals surface area contributed by atoms with Crippen molar-refractivity contribution in [2.24, 2.45) is 0 Å². The van der Waals surface area contributed by atoms with E-state index in [4.69, 9.17) is 9.84 Å². The third-order valence-electron chi connectivity index (χ3n) is 1.93. The Balaban J connectivity index is 2.58. The Morgan fingerprint density at radius 3 is 2.40 bits per heavy atom. The first kappa shape index (κ1) is 12.2. The lowest BCUT2D eigenvalue weighted by Gasteiger charge is -2.23. The fourth-order valence-electron chi connectivity index (χ4n) is 1.23. The number of hydrogen-bond donors (Lipinski definition) is 1. The van der Waals surface area contributed by atoms with Gasteiger partial charge in [0, 0.05) is 0 Å². The number of amides is 1. The molecule has 0 aromatic carbocycles. The minimum absolute atomic E-state index is 0.387. The molecule has 0 aromatic heterocycles. The third-order valence-corrected chi connectivity index (χ3v) is 1.93. The maximum atomic E-state index is 12.9. The van der Waals surface area contributed by atoms with Gasteiger partial charge in [-0.15, -0.1) is 0 Å². The normalized spacial score (nSPS) is 25.5. The van der Waals surface area contributed by atoms with Gasteiger partial charge in [-0.3, -0.25) is 4.90 Å². The molecule has 0 aromatic rings. The molecule has 1 heterocycles. The summed E-state index contributed by atoms with van der Waals surface area (Å²) < 4.78 is 30.7. The standard InChI is InChI=1S/C9H15F2NO3/c1-8(2,3)15-7(14)12-4-6(13)9(10,11)5-12/h6,13H,4-5H2,1-3H3/t6-/m0/s1. The minimum atomic E-state index is -3.24. The van der Waals surface area contributed by atoms with Crippen molar-refractivity contribution in [1.82, 2.24) is 4.90 Å². The molecule has 1 N–H and O–H groups in total. The molecule has 1 atom stereocenters. The zero-order valence-corrected chi connectivity index (χ0v) is 8.96. The number of carbonyl (C=O) groups excluding carboxylic acids is 1. The van der Waals surface area contributed by atoms with Crippen molar-refractivity contribution < 1.29 is 23.4 Å². The van der Waals surface area contributed by atoms with E-state index in [9.17, 15) is 13.6 Å². The summed E-state index contributed by atoms with van der Waals surface area (Å²) in [6.07, 6.45) is -2.62. The summed E-state index contributed by atoms with van der Waals surface area (Å²) in [7, 11) is 0. The number of β-amino-alcohol motifs (C(OH)–C–C–N with tert-alkyl or cyclic N) is 1. The Hall–Kier alpha value is -0.910. The molecule has 1 aliphatic rings. The van der Waals surface area contributed by atoms with Gasteiger partial charge in [0.2, 0.25) is 0 Å². The van der Waals surface area contributed by atoms with Gasteiger partial charge in [-0.1, -0.05) is 0 Å². The number of aliphatic hydroxyl groups excluding tert-OH is 1. The number of aliphatic hydroxyl groups is 1. The first-order valence-electron chi connectivity index (χ1n) is 4.66. The summed E-state index contributed by atoms with van der Waals surface area (Å²) in [5, 5.41) is 8.98. The number of carbonyl (C=O) groups is 1. The fourth-order valence-corrected chi connectivity index (χ4v) is 1.23. The van der Waals surface area contributed by atoms with Crippen LogP contribution in [0.3, 0.4) is 0 Å². The van der Waals surface area contributed by atoms with E-state index in [1.165, 1.54) is 0 Å². The predicted octanol–water partition coefficient (Wildman–Crippen LogP) is 1.23. The van der Waals surface area contributed by atoms with Crippen LogP contribution in [0, 0.1) is 0 Å². The molecule has 1 fully saturated rings. The summed E-state index contributed by atoms with van der Waals surface area (Å²) >= 11 is 0. The van der Waals surface area contributed by atoms with Crippen LogP contribution >= 0.6 is 0 Å². The highest BCUT2D eigenvalue weighted by molar-refractivity contribution is 5.68. The van der Waals surface area contributed by atoms with E-state index in [2.05, 4.69) is 0 Å². The minimum Gasteiger partial charge on any atom is -0.444 e. The van der Waals surface area contributed by atoms with Gasteiger partial charge >= 0.3 is 6.09 Å². The maximum absolute atomic E-state index is 12.9. The SMILES string of the molecule is CC(C)(C)OC(=O)N1C[C@H](O)C(F)(F)C1. The van der Waals surface area contributed by atoms with E-state index < -0.39 is 30.3 Å². The lowest BCUT2D eigenvalue weighted by molar-refractivity contribution is -0.0732. The first-order valence-corrected chi connectivity index (χ1v) is 4.66. The van der Waals surface area contributed by atoms with Crippen molar-refractivity contribution >= 4 is 6.09 Å². The average Bonchev–Trinajstić information content (AvgIpc) is 2.23. The summed E-state index contributed by atoms with van der Waals surface area (Å²) in [6, 6.07) is 0. The zero-order valence-electron chi connectivity index (χ0n) is 8.96. The molecular weight excluding hydrogens is 208 g/mol. The van der Waals surface area contributed by atoms with Crippen LogP contribution in [-0.2, 0) is 4.74 Å². The van der Waals surface area contributed by atoms with Crippen LogP contribution in [-0.4, -0.2) is 46.8 Å². The number of nitrogens with zero attached hydrogens (tertiary/aromatic N) is 1. The number of alkyl halides is 2. The summed E-state index contributed by atoms with van der Waals surface area (Å²) in [6.45, 7) is 3.77. The topological polar surface area (TPSA) is 49.8 Å². The van der Waals surface area contributed by atoms with Gasteiger partial charge in [0.15, 0.2) is 0 Å². The molecular formula is C9H15F2NO3. The van der Waals surface area contributed by atoms with Crippen molar-refractivity contribution in [3.8, 4) is 0 Å². The Bertz CT molecular complexity index is 263. The molecule has 1 saturated heterocycles. The smallest absolute Gasteiger partial charge is 0.410 e. The quantitative estimate of drug-likeness (QED) is 0.672. The molecule has 0 spiro atoms. The number of rotatable bonds is 0.